The molecule has 1 heterocycles. The van der Waals surface area contributed by atoms with Gasteiger partial charge in [-0.25, -0.2) is 4.39 Å². The van der Waals surface area contributed by atoms with Crippen LogP contribution < -0.4 is 0 Å². The molecule has 1 rings (SSSR count). The Morgan fingerprint density at radius 3 is 2.64 bits per heavy atom. The van der Waals surface area contributed by atoms with E-state index < -0.39 is 5.82 Å². The molecular formula is C8H8FNO. The van der Waals surface area contributed by atoms with E-state index in [1.54, 1.807) is 6.92 Å². The van der Waals surface area contributed by atoms with E-state index >= 15 is 0 Å². The van der Waals surface area contributed by atoms with E-state index in [1.165, 1.54) is 19.2 Å². The zero-order valence-electron chi connectivity index (χ0n) is 6.39. The number of hydrogen-bond donors (Lipinski definition) is 0. The van der Waals surface area contributed by atoms with Gasteiger partial charge in [0.2, 0.25) is 0 Å². The molecule has 1 aromatic rings. The van der Waals surface area contributed by atoms with Crippen molar-refractivity contribution in [2.45, 2.75) is 13.8 Å². The first-order valence-electron chi connectivity index (χ1n) is 3.25. The van der Waals surface area contributed by atoms with Crippen molar-refractivity contribution in [1.29, 1.82) is 0 Å². The fraction of sp³-hybridized carbons (Fsp3) is 0.250. The summed E-state index contributed by atoms with van der Waals surface area (Å²) < 4.78 is 12.8. The maximum atomic E-state index is 12.8. The lowest BCUT2D eigenvalue weighted by atomic mass is 10.1. The summed E-state index contributed by atoms with van der Waals surface area (Å²) >= 11 is 0. The Labute approximate surface area is 64.1 Å². The number of Topliss-reactive ketones (excluding diaryl/α,β-unsaturated/α-hetero) is 1. The second kappa shape index (κ2) is 2.78. The van der Waals surface area contributed by atoms with E-state index in [1.807, 2.05) is 0 Å². The molecule has 0 N–H and O–H groups in total. The van der Waals surface area contributed by atoms with Crippen molar-refractivity contribution in [2.75, 3.05) is 0 Å². The summed E-state index contributed by atoms with van der Waals surface area (Å²) in [5.41, 5.74) is 0.532. The minimum Gasteiger partial charge on any atom is -0.294 e. The van der Waals surface area contributed by atoms with Gasteiger partial charge < -0.3 is 0 Å². The summed E-state index contributed by atoms with van der Waals surface area (Å²) in [5, 5.41) is 0. The van der Waals surface area contributed by atoms with Crippen LogP contribution in [0.15, 0.2) is 12.3 Å². The highest BCUT2D eigenvalue weighted by atomic mass is 19.1. The summed E-state index contributed by atoms with van der Waals surface area (Å²) in [6.45, 7) is 2.94. The highest BCUT2D eigenvalue weighted by Crippen LogP contribution is 2.09. The van der Waals surface area contributed by atoms with E-state index in [4.69, 9.17) is 0 Å². The number of hydrogen-bond acceptors (Lipinski definition) is 2. The molecule has 1 aromatic heterocycles. The molecule has 0 amide bonds. The second-order valence-corrected chi connectivity index (χ2v) is 2.31. The fourth-order valence-corrected chi connectivity index (χ4v) is 0.958. The van der Waals surface area contributed by atoms with E-state index in [2.05, 4.69) is 4.98 Å². The molecule has 58 valence electrons. The predicted octanol–water partition coefficient (Wildman–Crippen LogP) is 1.73. The van der Waals surface area contributed by atoms with Crippen LogP contribution in [0.4, 0.5) is 4.39 Å². The van der Waals surface area contributed by atoms with Gasteiger partial charge in [0.15, 0.2) is 5.78 Å². The van der Waals surface area contributed by atoms with Crippen LogP contribution in [0.25, 0.3) is 0 Å². The number of pyridine rings is 1. The number of halogens is 1. The number of carbonyl (C=O) groups is 1. The van der Waals surface area contributed by atoms with Crippen LogP contribution in [0.1, 0.15) is 23.0 Å². The average molecular weight is 153 g/mol. The first kappa shape index (κ1) is 7.85. The van der Waals surface area contributed by atoms with Gasteiger partial charge in [-0.1, -0.05) is 0 Å². The Kier molecular flexibility index (Phi) is 1.98. The Morgan fingerprint density at radius 1 is 1.64 bits per heavy atom. The normalized spacial score (nSPS) is 9.73. The molecule has 0 aromatic carbocycles. The van der Waals surface area contributed by atoms with Gasteiger partial charge in [0, 0.05) is 6.20 Å². The number of carbonyl (C=O) groups excluding carboxylic acids is 1. The van der Waals surface area contributed by atoms with Gasteiger partial charge in [-0.2, -0.15) is 0 Å². The third-order valence-electron chi connectivity index (χ3n) is 1.44. The van der Waals surface area contributed by atoms with Gasteiger partial charge in [0.1, 0.15) is 5.82 Å². The zero-order chi connectivity index (χ0) is 8.43. The molecule has 0 aliphatic rings. The monoisotopic (exact) mass is 153 g/mol. The molecular weight excluding hydrogens is 145 g/mol. The number of ketones is 1. The fourth-order valence-electron chi connectivity index (χ4n) is 0.958. The highest BCUT2D eigenvalue weighted by molar-refractivity contribution is 5.95. The molecule has 0 radical (unpaired) electrons. The van der Waals surface area contributed by atoms with Crippen molar-refractivity contribution in [3.63, 3.8) is 0 Å². The van der Waals surface area contributed by atoms with Crippen LogP contribution >= 0.6 is 0 Å². The average Bonchev–Trinajstić information content (AvgIpc) is 1.85. The second-order valence-electron chi connectivity index (χ2n) is 2.31. The number of aromatic nitrogens is 1. The molecule has 0 bridgehead atoms. The number of nitrogens with zero attached hydrogens (tertiary/aromatic N) is 1. The van der Waals surface area contributed by atoms with Crippen LogP contribution in [-0.4, -0.2) is 10.8 Å². The largest absolute Gasteiger partial charge is 0.294 e. The van der Waals surface area contributed by atoms with E-state index in [0.29, 0.717) is 5.69 Å². The smallest absolute Gasteiger partial charge is 0.164 e. The lowest BCUT2D eigenvalue weighted by Crippen LogP contribution is -2.01. The Morgan fingerprint density at radius 2 is 2.27 bits per heavy atom. The molecule has 0 fully saturated rings. The maximum Gasteiger partial charge on any atom is 0.164 e. The van der Waals surface area contributed by atoms with Crippen molar-refractivity contribution in [3.05, 3.63) is 29.3 Å². The summed E-state index contributed by atoms with van der Waals surface area (Å²) in [5.74, 6) is -0.780. The first-order chi connectivity index (χ1) is 5.13. The standard InChI is InChI=1S/C8H8FNO/c1-5-8(6(2)11)7(9)3-4-10-5/h3-4H,1-2H3. The summed E-state index contributed by atoms with van der Waals surface area (Å²) in [4.78, 5) is 14.6. The van der Waals surface area contributed by atoms with E-state index in [0.717, 1.165) is 0 Å². The summed E-state index contributed by atoms with van der Waals surface area (Å²) in [7, 11) is 0. The third-order valence-corrected chi connectivity index (χ3v) is 1.44. The minimum atomic E-state index is -0.495. The van der Waals surface area contributed by atoms with Crippen molar-refractivity contribution >= 4 is 5.78 Å². The van der Waals surface area contributed by atoms with Crippen LogP contribution in [0, 0.1) is 12.7 Å². The summed E-state index contributed by atoms with van der Waals surface area (Å²) in [6.07, 6.45) is 1.34. The van der Waals surface area contributed by atoms with Gasteiger partial charge >= 0.3 is 0 Å². The maximum absolute atomic E-state index is 12.8. The van der Waals surface area contributed by atoms with Gasteiger partial charge in [-0.3, -0.25) is 9.78 Å². The Hall–Kier alpha value is -1.25. The molecule has 11 heavy (non-hydrogen) atoms. The van der Waals surface area contributed by atoms with Crippen molar-refractivity contribution in [3.8, 4) is 0 Å². The van der Waals surface area contributed by atoms with Crippen LogP contribution in [0.3, 0.4) is 0 Å². The van der Waals surface area contributed by atoms with Gasteiger partial charge in [-0.05, 0) is 19.9 Å². The minimum absolute atomic E-state index is 0.0903. The Balaban J connectivity index is 3.32. The van der Waals surface area contributed by atoms with Crippen molar-refractivity contribution in [2.24, 2.45) is 0 Å². The van der Waals surface area contributed by atoms with E-state index in [-0.39, 0.29) is 11.3 Å². The predicted molar refractivity (Wildman–Crippen MR) is 38.9 cm³/mol. The molecule has 0 spiro atoms. The lowest BCUT2D eigenvalue weighted by molar-refractivity contribution is 0.101. The van der Waals surface area contributed by atoms with Gasteiger partial charge in [0.25, 0.3) is 0 Å². The zero-order valence-corrected chi connectivity index (χ0v) is 6.39. The number of rotatable bonds is 1. The van der Waals surface area contributed by atoms with Gasteiger partial charge in [-0.15, -0.1) is 0 Å². The van der Waals surface area contributed by atoms with Crippen molar-refractivity contribution in [1.82, 2.24) is 4.98 Å². The van der Waals surface area contributed by atoms with Crippen LogP contribution in [-0.2, 0) is 0 Å². The summed E-state index contributed by atoms with van der Waals surface area (Å²) in [6, 6.07) is 1.18. The highest BCUT2D eigenvalue weighted by Gasteiger charge is 2.09. The van der Waals surface area contributed by atoms with Crippen molar-refractivity contribution < 1.29 is 9.18 Å². The third kappa shape index (κ3) is 1.42. The molecule has 3 heteroatoms. The molecule has 0 aliphatic carbocycles. The van der Waals surface area contributed by atoms with E-state index in [9.17, 15) is 9.18 Å². The lowest BCUT2D eigenvalue weighted by Gasteiger charge is -1.99. The molecule has 0 unspecified atom stereocenters. The van der Waals surface area contributed by atoms with Crippen LogP contribution in [0.5, 0.6) is 0 Å². The Bertz CT molecular complexity index is 276. The SMILES string of the molecule is CC(=O)c1c(F)ccnc1C. The molecule has 0 saturated carbocycles. The topological polar surface area (TPSA) is 30.0 Å². The number of aryl methyl sites for hydroxylation is 1. The molecule has 0 saturated heterocycles. The molecule has 2 nitrogen and oxygen atoms in total. The first-order valence-corrected chi connectivity index (χ1v) is 3.25. The quantitative estimate of drug-likeness (QED) is 0.575. The molecule has 0 atom stereocenters. The van der Waals surface area contributed by atoms with Gasteiger partial charge in [0.05, 0.1) is 11.3 Å². The molecule has 0 aliphatic heterocycles. The van der Waals surface area contributed by atoms with Crippen LogP contribution in [0.2, 0.25) is 0 Å².